The number of aliphatic hydroxyl groups is 1. The maximum absolute atomic E-state index is 10.9. The van der Waals surface area contributed by atoms with Crippen LogP contribution in [-0.2, 0) is 6.54 Å². The number of fused-ring (bicyclic) bond motifs is 2. The number of aliphatic hydroxyl groups excluding tert-OH is 1. The van der Waals surface area contributed by atoms with Gasteiger partial charge in [-0.1, -0.05) is 48.5 Å². The SMILES string of the molecule is C[C@@]12[C@H]3CC[C@@H]1[C@H](O)C[N@+]2(Cc1c2ccccc2cc2ccccc12)CC3.[Br-]. The molecule has 1 N–H and O–H groups in total. The van der Waals surface area contributed by atoms with Gasteiger partial charge in [0, 0.05) is 23.8 Å². The first kappa shape index (κ1) is 18.6. The molecule has 0 radical (unpaired) electrons. The molecule has 2 nitrogen and oxygen atoms in total. The van der Waals surface area contributed by atoms with Gasteiger partial charge in [0.2, 0.25) is 0 Å². The van der Waals surface area contributed by atoms with Gasteiger partial charge in [0.05, 0.1) is 6.54 Å². The minimum absolute atomic E-state index is 0. The Morgan fingerprint density at radius 1 is 0.964 bits per heavy atom. The van der Waals surface area contributed by atoms with Crippen LogP contribution in [0.1, 0.15) is 31.7 Å². The average Bonchev–Trinajstić information content (AvgIpc) is 3.24. The maximum Gasteiger partial charge on any atom is 0.112 e. The fourth-order valence-corrected chi connectivity index (χ4v) is 7.34. The van der Waals surface area contributed by atoms with Crippen LogP contribution in [0.4, 0.5) is 0 Å². The van der Waals surface area contributed by atoms with Gasteiger partial charge in [0.15, 0.2) is 0 Å². The van der Waals surface area contributed by atoms with Crippen molar-refractivity contribution in [3.8, 4) is 0 Å². The fourth-order valence-electron chi connectivity index (χ4n) is 7.34. The molecule has 3 aromatic carbocycles. The van der Waals surface area contributed by atoms with Crippen molar-refractivity contribution in [3.63, 3.8) is 0 Å². The smallest absolute Gasteiger partial charge is 0.112 e. The Morgan fingerprint density at radius 3 is 2.29 bits per heavy atom. The lowest BCUT2D eigenvalue weighted by molar-refractivity contribution is -0.965. The summed E-state index contributed by atoms with van der Waals surface area (Å²) in [4.78, 5) is 0. The van der Waals surface area contributed by atoms with Crippen LogP contribution in [0.3, 0.4) is 0 Å². The van der Waals surface area contributed by atoms with Crippen LogP contribution in [0.25, 0.3) is 21.5 Å². The van der Waals surface area contributed by atoms with Crippen molar-refractivity contribution in [2.45, 2.75) is 44.4 Å². The molecule has 3 aliphatic rings. The highest BCUT2D eigenvalue weighted by molar-refractivity contribution is 6.02. The normalized spacial score (nSPS) is 36.0. The minimum Gasteiger partial charge on any atom is -1.00 e. The van der Waals surface area contributed by atoms with Crippen LogP contribution < -0.4 is 17.0 Å². The first-order valence-corrected chi connectivity index (χ1v) is 10.6. The fraction of sp³-hybridized carbons (Fsp3) is 0.440. The molecule has 0 amide bonds. The molecule has 5 atom stereocenters. The maximum atomic E-state index is 10.9. The van der Waals surface area contributed by atoms with E-state index in [2.05, 4.69) is 61.5 Å². The zero-order chi connectivity index (χ0) is 18.2. The predicted molar refractivity (Wildman–Crippen MR) is 110 cm³/mol. The zero-order valence-corrected chi connectivity index (χ0v) is 18.0. The summed E-state index contributed by atoms with van der Waals surface area (Å²) < 4.78 is 1.10. The third-order valence-corrected chi connectivity index (χ3v) is 8.68. The minimum atomic E-state index is -0.124. The summed E-state index contributed by atoms with van der Waals surface area (Å²) in [5, 5.41) is 16.4. The Bertz CT molecular complexity index is 1010. The molecule has 146 valence electrons. The summed E-state index contributed by atoms with van der Waals surface area (Å²) in [6.45, 7) is 5.73. The monoisotopic (exact) mass is 437 g/mol. The van der Waals surface area contributed by atoms with Gasteiger partial charge < -0.3 is 26.6 Å². The van der Waals surface area contributed by atoms with Gasteiger partial charge in [0.1, 0.15) is 24.7 Å². The number of hydrogen-bond acceptors (Lipinski definition) is 1. The summed E-state index contributed by atoms with van der Waals surface area (Å²) in [5.41, 5.74) is 1.75. The highest BCUT2D eigenvalue weighted by atomic mass is 79.9. The molecule has 0 aromatic heterocycles. The van der Waals surface area contributed by atoms with Gasteiger partial charge in [0.25, 0.3) is 0 Å². The molecular formula is C25H28BrNO. The Hall–Kier alpha value is -1.42. The second-order valence-electron chi connectivity index (χ2n) is 9.47. The number of hydrogen-bond donors (Lipinski definition) is 1. The number of benzene rings is 3. The first-order chi connectivity index (χ1) is 13.1. The largest absolute Gasteiger partial charge is 1.00 e. The summed E-state index contributed by atoms with van der Waals surface area (Å²) in [7, 11) is 0. The van der Waals surface area contributed by atoms with Gasteiger partial charge in [-0.2, -0.15) is 0 Å². The predicted octanol–water partition coefficient (Wildman–Crippen LogP) is 1.88. The van der Waals surface area contributed by atoms with E-state index < -0.39 is 0 Å². The van der Waals surface area contributed by atoms with Gasteiger partial charge in [-0.25, -0.2) is 0 Å². The Morgan fingerprint density at radius 2 is 1.61 bits per heavy atom. The van der Waals surface area contributed by atoms with Crippen molar-refractivity contribution in [2.75, 3.05) is 13.1 Å². The molecule has 2 heterocycles. The molecule has 3 fully saturated rings. The van der Waals surface area contributed by atoms with E-state index in [1.54, 1.807) is 0 Å². The van der Waals surface area contributed by atoms with Crippen molar-refractivity contribution < 1.29 is 26.6 Å². The van der Waals surface area contributed by atoms with Crippen LogP contribution >= 0.6 is 0 Å². The van der Waals surface area contributed by atoms with Crippen LogP contribution in [0.5, 0.6) is 0 Å². The molecule has 2 aliphatic heterocycles. The first-order valence-electron chi connectivity index (χ1n) is 10.6. The Labute approximate surface area is 177 Å². The molecular weight excluding hydrogens is 410 g/mol. The van der Waals surface area contributed by atoms with E-state index in [-0.39, 0.29) is 28.6 Å². The highest BCUT2D eigenvalue weighted by Crippen LogP contribution is 2.60. The number of rotatable bonds is 2. The van der Waals surface area contributed by atoms with E-state index in [1.807, 2.05) is 0 Å². The van der Waals surface area contributed by atoms with E-state index in [1.165, 1.54) is 52.9 Å². The van der Waals surface area contributed by atoms with E-state index in [0.29, 0.717) is 5.92 Å². The molecule has 1 aliphatic carbocycles. The van der Waals surface area contributed by atoms with Crippen molar-refractivity contribution in [1.29, 1.82) is 0 Å². The second kappa shape index (κ2) is 6.29. The summed E-state index contributed by atoms with van der Waals surface area (Å²) in [6.07, 6.45) is 3.75. The third-order valence-electron chi connectivity index (χ3n) is 8.68. The molecule has 28 heavy (non-hydrogen) atoms. The summed E-state index contributed by atoms with van der Waals surface area (Å²) >= 11 is 0. The molecule has 6 rings (SSSR count). The average molecular weight is 438 g/mol. The lowest BCUT2D eigenvalue weighted by Gasteiger charge is -2.44. The highest BCUT2D eigenvalue weighted by Gasteiger charge is 2.70. The van der Waals surface area contributed by atoms with Gasteiger partial charge in [-0.3, -0.25) is 0 Å². The van der Waals surface area contributed by atoms with E-state index in [9.17, 15) is 5.11 Å². The van der Waals surface area contributed by atoms with Crippen molar-refractivity contribution in [2.24, 2.45) is 11.8 Å². The standard InChI is InChI=1S/C25H28NO.BrH/c1-25-19-10-11-23(25)24(27)16-26(25,13-12-19)15-22-20-8-4-2-6-17(20)14-18-7-3-5-9-21(18)22;/h2-9,14,19,23-24,27H,10-13,15-16H2,1H3;1H/q+1;/p-1/t19-,23+,24+,25+,26+;/m0./s1. The lowest BCUT2D eigenvalue weighted by atomic mass is 9.83. The third kappa shape index (κ3) is 2.21. The molecule has 3 aromatic rings. The number of quaternary nitrogens is 1. The molecule has 0 spiro atoms. The van der Waals surface area contributed by atoms with Crippen molar-refractivity contribution in [3.05, 3.63) is 60.2 Å². The van der Waals surface area contributed by atoms with Gasteiger partial charge in [-0.05, 0) is 47.4 Å². The number of nitrogens with zero attached hydrogens (tertiary/aromatic N) is 1. The summed E-state index contributed by atoms with van der Waals surface area (Å²) in [5.74, 6) is 1.28. The lowest BCUT2D eigenvalue weighted by Crippen LogP contribution is -3.00. The van der Waals surface area contributed by atoms with Crippen molar-refractivity contribution >= 4 is 21.5 Å². The van der Waals surface area contributed by atoms with Crippen LogP contribution in [0, 0.1) is 11.8 Å². The van der Waals surface area contributed by atoms with Crippen LogP contribution in [0.15, 0.2) is 54.6 Å². The van der Waals surface area contributed by atoms with E-state index in [0.717, 1.165) is 23.5 Å². The van der Waals surface area contributed by atoms with E-state index in [4.69, 9.17) is 0 Å². The van der Waals surface area contributed by atoms with Gasteiger partial charge >= 0.3 is 0 Å². The topological polar surface area (TPSA) is 20.2 Å². The summed E-state index contributed by atoms with van der Waals surface area (Å²) in [6, 6.07) is 20.1. The second-order valence-corrected chi connectivity index (χ2v) is 9.47. The molecule has 3 heteroatoms. The Balaban J connectivity index is 0.00000171. The zero-order valence-electron chi connectivity index (χ0n) is 16.4. The number of halogens is 1. The van der Waals surface area contributed by atoms with Crippen molar-refractivity contribution in [1.82, 2.24) is 0 Å². The molecule has 0 unspecified atom stereocenters. The van der Waals surface area contributed by atoms with E-state index >= 15 is 0 Å². The molecule has 2 saturated heterocycles. The van der Waals surface area contributed by atoms with Crippen LogP contribution in [0.2, 0.25) is 0 Å². The van der Waals surface area contributed by atoms with Gasteiger partial charge in [-0.15, -0.1) is 0 Å². The quantitative estimate of drug-likeness (QED) is 0.479. The molecule has 1 saturated carbocycles. The Kier molecular flexibility index (Phi) is 4.18. The van der Waals surface area contributed by atoms with Crippen LogP contribution in [-0.4, -0.2) is 34.3 Å². The molecule has 0 bridgehead atoms.